The van der Waals surface area contributed by atoms with Gasteiger partial charge >= 0.3 is 0 Å². The Morgan fingerprint density at radius 1 is 1.53 bits per heavy atom. The zero-order valence-electron chi connectivity index (χ0n) is 10.4. The molecule has 0 saturated heterocycles. The summed E-state index contributed by atoms with van der Waals surface area (Å²) < 4.78 is 1.76. The molecule has 4 nitrogen and oxygen atoms in total. The summed E-state index contributed by atoms with van der Waals surface area (Å²) in [6.07, 6.45) is 2.97. The first-order chi connectivity index (χ1) is 6.98. The zero-order chi connectivity index (χ0) is 11.5. The molecular weight excluding hydrogens is 188 g/mol. The molecule has 1 aromatic heterocycles. The summed E-state index contributed by atoms with van der Waals surface area (Å²) in [5.74, 6) is 0.618. The van der Waals surface area contributed by atoms with Gasteiger partial charge in [0.05, 0.1) is 5.69 Å². The van der Waals surface area contributed by atoms with Gasteiger partial charge in [0.2, 0.25) is 0 Å². The average molecular weight is 210 g/mol. The molecule has 0 saturated carbocycles. The van der Waals surface area contributed by atoms with Gasteiger partial charge in [-0.25, -0.2) is 0 Å². The second kappa shape index (κ2) is 4.75. The van der Waals surface area contributed by atoms with Crippen LogP contribution in [0, 0.1) is 11.3 Å². The van der Waals surface area contributed by atoms with Crippen molar-refractivity contribution in [3.63, 3.8) is 0 Å². The SMILES string of the molecule is CNCC(C)(Cc1cn(C)nn1)C(C)C. The van der Waals surface area contributed by atoms with E-state index in [0.717, 1.165) is 18.7 Å². The van der Waals surface area contributed by atoms with E-state index in [9.17, 15) is 0 Å². The summed E-state index contributed by atoms with van der Waals surface area (Å²) in [6.45, 7) is 7.81. The highest BCUT2D eigenvalue weighted by Crippen LogP contribution is 2.29. The molecule has 0 aliphatic carbocycles. The number of rotatable bonds is 5. The van der Waals surface area contributed by atoms with Crippen molar-refractivity contribution in [2.45, 2.75) is 27.2 Å². The van der Waals surface area contributed by atoms with E-state index in [0.29, 0.717) is 5.92 Å². The van der Waals surface area contributed by atoms with Crippen molar-refractivity contribution in [3.8, 4) is 0 Å². The predicted octanol–water partition coefficient (Wildman–Crippen LogP) is 1.24. The number of nitrogens with zero attached hydrogens (tertiary/aromatic N) is 3. The molecule has 1 atom stereocenters. The summed E-state index contributed by atoms with van der Waals surface area (Å²) in [7, 11) is 3.90. The van der Waals surface area contributed by atoms with E-state index in [4.69, 9.17) is 0 Å². The van der Waals surface area contributed by atoms with E-state index in [1.54, 1.807) is 4.68 Å². The molecular formula is C11H22N4. The zero-order valence-corrected chi connectivity index (χ0v) is 10.4. The molecule has 0 spiro atoms. The summed E-state index contributed by atoms with van der Waals surface area (Å²) in [5, 5.41) is 11.4. The lowest BCUT2D eigenvalue weighted by Gasteiger charge is -2.32. The molecule has 0 radical (unpaired) electrons. The Balaban J connectivity index is 2.74. The number of aryl methyl sites for hydroxylation is 1. The summed E-state index contributed by atoms with van der Waals surface area (Å²) >= 11 is 0. The minimum absolute atomic E-state index is 0.241. The summed E-state index contributed by atoms with van der Waals surface area (Å²) in [5.41, 5.74) is 1.31. The lowest BCUT2D eigenvalue weighted by Crippen LogP contribution is -2.36. The fourth-order valence-electron chi connectivity index (χ4n) is 1.76. The van der Waals surface area contributed by atoms with Crippen molar-refractivity contribution in [3.05, 3.63) is 11.9 Å². The maximum atomic E-state index is 4.15. The Kier molecular flexibility index (Phi) is 3.85. The van der Waals surface area contributed by atoms with E-state index in [1.807, 2.05) is 20.3 Å². The van der Waals surface area contributed by atoms with Gasteiger partial charge in [-0.1, -0.05) is 26.0 Å². The van der Waals surface area contributed by atoms with Crippen molar-refractivity contribution >= 4 is 0 Å². The summed E-state index contributed by atoms with van der Waals surface area (Å²) in [6, 6.07) is 0. The highest BCUT2D eigenvalue weighted by Gasteiger charge is 2.28. The van der Waals surface area contributed by atoms with E-state index in [1.165, 1.54) is 0 Å². The molecule has 0 aliphatic rings. The standard InChI is InChI=1S/C11H22N4/c1-9(2)11(3,8-12-4)6-10-7-15(5)14-13-10/h7,9,12H,6,8H2,1-5H3. The normalized spacial score (nSPS) is 15.6. The Bertz CT molecular complexity index is 305. The third kappa shape index (κ3) is 3.02. The third-order valence-electron chi connectivity index (χ3n) is 3.21. The molecule has 0 bridgehead atoms. The Hall–Kier alpha value is -0.900. The van der Waals surface area contributed by atoms with Crippen LogP contribution < -0.4 is 5.32 Å². The lowest BCUT2D eigenvalue weighted by molar-refractivity contribution is 0.210. The molecule has 1 heterocycles. The maximum absolute atomic E-state index is 4.15. The van der Waals surface area contributed by atoms with E-state index < -0.39 is 0 Å². The predicted molar refractivity (Wildman–Crippen MR) is 61.6 cm³/mol. The molecule has 0 aliphatic heterocycles. The minimum Gasteiger partial charge on any atom is -0.319 e. The number of aromatic nitrogens is 3. The van der Waals surface area contributed by atoms with E-state index >= 15 is 0 Å². The molecule has 0 aromatic carbocycles. The number of hydrogen-bond donors (Lipinski definition) is 1. The van der Waals surface area contributed by atoms with Crippen molar-refractivity contribution in [2.24, 2.45) is 18.4 Å². The molecule has 1 aromatic rings. The van der Waals surface area contributed by atoms with Gasteiger partial charge in [0, 0.05) is 19.8 Å². The molecule has 4 heteroatoms. The van der Waals surface area contributed by atoms with Gasteiger partial charge in [-0.2, -0.15) is 0 Å². The van der Waals surface area contributed by atoms with Gasteiger partial charge in [0.25, 0.3) is 0 Å². The fourth-order valence-corrected chi connectivity index (χ4v) is 1.76. The van der Waals surface area contributed by atoms with Gasteiger partial charge in [0.1, 0.15) is 0 Å². The van der Waals surface area contributed by atoms with Crippen molar-refractivity contribution < 1.29 is 0 Å². The van der Waals surface area contributed by atoms with Crippen LogP contribution in [0.2, 0.25) is 0 Å². The van der Waals surface area contributed by atoms with Crippen LogP contribution in [-0.4, -0.2) is 28.6 Å². The van der Waals surface area contributed by atoms with Crippen LogP contribution in [0.5, 0.6) is 0 Å². The van der Waals surface area contributed by atoms with Crippen molar-refractivity contribution in [1.82, 2.24) is 20.3 Å². The second-order valence-electron chi connectivity index (χ2n) is 4.90. The average Bonchev–Trinajstić information content (AvgIpc) is 2.51. The molecule has 1 rings (SSSR count). The van der Waals surface area contributed by atoms with Gasteiger partial charge < -0.3 is 5.32 Å². The van der Waals surface area contributed by atoms with Crippen LogP contribution in [0.25, 0.3) is 0 Å². The quantitative estimate of drug-likeness (QED) is 0.795. The Morgan fingerprint density at radius 3 is 2.60 bits per heavy atom. The minimum atomic E-state index is 0.241. The van der Waals surface area contributed by atoms with Crippen molar-refractivity contribution in [1.29, 1.82) is 0 Å². The van der Waals surface area contributed by atoms with Crippen LogP contribution in [0.15, 0.2) is 6.20 Å². The first-order valence-corrected chi connectivity index (χ1v) is 5.48. The molecule has 15 heavy (non-hydrogen) atoms. The summed E-state index contributed by atoms with van der Waals surface area (Å²) in [4.78, 5) is 0. The number of hydrogen-bond acceptors (Lipinski definition) is 3. The van der Waals surface area contributed by atoms with Gasteiger partial charge in [-0.3, -0.25) is 4.68 Å². The highest BCUT2D eigenvalue weighted by molar-refractivity contribution is 4.99. The van der Waals surface area contributed by atoms with E-state index in [2.05, 4.69) is 36.4 Å². The van der Waals surface area contributed by atoms with Gasteiger partial charge in [-0.05, 0) is 24.8 Å². The first kappa shape index (κ1) is 12.2. The van der Waals surface area contributed by atoms with Gasteiger partial charge in [0.15, 0.2) is 0 Å². The molecule has 0 amide bonds. The molecule has 1 unspecified atom stereocenters. The van der Waals surface area contributed by atoms with Crippen LogP contribution in [0.3, 0.4) is 0 Å². The smallest absolute Gasteiger partial charge is 0.0833 e. The van der Waals surface area contributed by atoms with Crippen LogP contribution in [0.4, 0.5) is 0 Å². The molecule has 1 N–H and O–H groups in total. The maximum Gasteiger partial charge on any atom is 0.0833 e. The molecule has 86 valence electrons. The topological polar surface area (TPSA) is 42.7 Å². The van der Waals surface area contributed by atoms with Crippen LogP contribution in [0.1, 0.15) is 26.5 Å². The van der Waals surface area contributed by atoms with Crippen LogP contribution in [-0.2, 0) is 13.5 Å². The third-order valence-corrected chi connectivity index (χ3v) is 3.21. The number of nitrogens with one attached hydrogen (secondary N) is 1. The second-order valence-corrected chi connectivity index (χ2v) is 4.90. The Labute approximate surface area is 92.1 Å². The highest BCUT2D eigenvalue weighted by atomic mass is 15.4. The van der Waals surface area contributed by atoms with E-state index in [-0.39, 0.29) is 5.41 Å². The fraction of sp³-hybridized carbons (Fsp3) is 0.818. The lowest BCUT2D eigenvalue weighted by atomic mass is 9.75. The van der Waals surface area contributed by atoms with Crippen LogP contribution >= 0.6 is 0 Å². The monoisotopic (exact) mass is 210 g/mol. The Morgan fingerprint density at radius 2 is 2.20 bits per heavy atom. The van der Waals surface area contributed by atoms with Crippen molar-refractivity contribution in [2.75, 3.05) is 13.6 Å². The van der Waals surface area contributed by atoms with Gasteiger partial charge in [-0.15, -0.1) is 5.10 Å². The molecule has 0 fully saturated rings. The largest absolute Gasteiger partial charge is 0.319 e. The first-order valence-electron chi connectivity index (χ1n) is 5.48.